The number of methoxy groups -OCH3 is 1. The van der Waals surface area contributed by atoms with Gasteiger partial charge < -0.3 is 34.3 Å². The van der Waals surface area contributed by atoms with Crippen molar-refractivity contribution in [3.8, 4) is 5.75 Å². The molecule has 1 fully saturated rings. The number of anilines is 2. The molecule has 1 aliphatic rings. The second-order valence-corrected chi connectivity index (χ2v) is 28.9. The Morgan fingerprint density at radius 2 is 1.14 bits per heavy atom. The number of imide groups is 1. The number of urea groups is 1. The van der Waals surface area contributed by atoms with E-state index in [2.05, 4.69) is 60.2 Å². The van der Waals surface area contributed by atoms with Crippen LogP contribution in [0.5, 0.6) is 5.75 Å². The third-order valence-corrected chi connectivity index (χ3v) is 18.7. The second kappa shape index (κ2) is 48.2. The quantitative estimate of drug-likeness (QED) is 0.00815. The molecular weight excluding hydrogens is 1400 g/mol. The molecule has 104 heavy (non-hydrogen) atoms. The minimum atomic E-state index is -4.46. The summed E-state index contributed by atoms with van der Waals surface area (Å²) in [4.78, 5) is 112. The number of esters is 2. The van der Waals surface area contributed by atoms with E-state index >= 15 is 0 Å². The number of aromatic nitrogens is 3. The number of unbranched alkanes of at least 4 members (excludes halogenated alkanes) is 16. The first kappa shape index (κ1) is 91.2. The predicted octanol–water partition coefficient (Wildman–Crippen LogP) is 15.1. The normalized spacial score (nSPS) is 12.8. The molecular formula is C79H108Cl2N7NaO14S. The van der Waals surface area contributed by atoms with Crippen molar-refractivity contribution in [2.45, 2.75) is 240 Å². The van der Waals surface area contributed by atoms with Crippen LogP contribution in [0.25, 0.3) is 10.8 Å². The van der Waals surface area contributed by atoms with Crippen LogP contribution < -0.4 is 50.6 Å². The number of hydrogen-bond donors (Lipinski definition) is 3. The Morgan fingerprint density at radius 3 is 1.63 bits per heavy atom. The van der Waals surface area contributed by atoms with Gasteiger partial charge in [0.25, 0.3) is 11.8 Å². The zero-order valence-corrected chi connectivity index (χ0v) is 67.4. The number of fused-ring (bicyclic) bond motifs is 1. The topological polar surface area (TPSA) is 294 Å². The van der Waals surface area contributed by atoms with E-state index < -0.39 is 62.8 Å². The largest absolute Gasteiger partial charge is 1.00 e. The molecule has 0 saturated carbocycles. The summed E-state index contributed by atoms with van der Waals surface area (Å²) >= 11 is 10.5. The van der Waals surface area contributed by atoms with Gasteiger partial charge >= 0.3 is 53.2 Å². The fraction of sp³-hybridized carbons (Fsp3) is 0.519. The van der Waals surface area contributed by atoms with E-state index in [4.69, 9.17) is 37.4 Å². The fourth-order valence-corrected chi connectivity index (χ4v) is 12.2. The average molecular weight is 1510 g/mol. The third kappa shape index (κ3) is 31.2. The zero-order valence-electron chi connectivity index (χ0n) is 63.1. The van der Waals surface area contributed by atoms with Gasteiger partial charge in [0.15, 0.2) is 11.8 Å². The van der Waals surface area contributed by atoms with E-state index in [9.17, 15) is 51.3 Å². The SMILES string of the molecule is CCC(C)c1cc(S(=O)(=O)[O-])cc2c(C(C)CC)cccc12.CCCCCCCCCCCCCCCCCC(=O)Nc1ccc(OC)c(NC(=O)C(C(=O)C(C)(C)C)N2C(=O)CN(Cc3ccccc3)C2=O)c1.CCCCOC(=O)c1ccccc1C(=O)OCCCC.O=c1nc(Cl)nc(Cl)[nH]1.[Na+]. The number of halogens is 2. The zero-order chi connectivity index (χ0) is 76.1. The van der Waals surface area contributed by atoms with Gasteiger partial charge in [-0.15, -0.1) is 0 Å². The number of ether oxygens (including phenoxy) is 3. The van der Waals surface area contributed by atoms with Gasteiger partial charge in [-0.25, -0.2) is 32.5 Å². The van der Waals surface area contributed by atoms with E-state index in [1.807, 2.05) is 62.4 Å². The average Bonchev–Trinajstić information content (AvgIpc) is 1.76. The van der Waals surface area contributed by atoms with E-state index in [-0.39, 0.29) is 86.7 Å². The van der Waals surface area contributed by atoms with Crippen LogP contribution in [0.15, 0.2) is 113 Å². The molecule has 0 radical (unpaired) electrons. The Morgan fingerprint density at radius 1 is 0.625 bits per heavy atom. The summed E-state index contributed by atoms with van der Waals surface area (Å²) in [7, 11) is -3.02. The van der Waals surface area contributed by atoms with Gasteiger partial charge in [-0.1, -0.05) is 233 Å². The molecule has 6 aromatic rings. The van der Waals surface area contributed by atoms with Crippen LogP contribution in [0.3, 0.4) is 0 Å². The van der Waals surface area contributed by atoms with E-state index in [0.717, 1.165) is 90.2 Å². The first-order chi connectivity index (χ1) is 49.1. The predicted molar refractivity (Wildman–Crippen MR) is 406 cm³/mol. The number of Topliss-reactive ketones (excluding diaryl/α,β-unsaturated/α-hetero) is 1. The van der Waals surface area contributed by atoms with Gasteiger partial charge in [-0.2, -0.15) is 9.97 Å². The molecule has 21 nitrogen and oxygen atoms in total. The van der Waals surface area contributed by atoms with E-state index in [1.54, 1.807) is 75.4 Å². The molecule has 3 N–H and O–H groups in total. The molecule has 1 saturated heterocycles. The maximum absolute atomic E-state index is 13.9. The maximum Gasteiger partial charge on any atom is 1.00 e. The minimum Gasteiger partial charge on any atom is -0.744 e. The molecule has 564 valence electrons. The molecule has 0 bridgehead atoms. The Bertz CT molecular complexity index is 3810. The molecule has 1 aliphatic heterocycles. The molecule has 0 aliphatic carbocycles. The molecule has 25 heteroatoms. The number of aromatic amines is 1. The fourth-order valence-electron chi connectivity index (χ4n) is 11.3. The molecule has 1 aromatic heterocycles. The van der Waals surface area contributed by atoms with Gasteiger partial charge in [0.2, 0.25) is 16.5 Å². The van der Waals surface area contributed by atoms with Crippen LogP contribution in [0.4, 0.5) is 16.2 Å². The number of benzene rings is 5. The van der Waals surface area contributed by atoms with Gasteiger partial charge in [0, 0.05) is 24.1 Å². The molecule has 3 atom stereocenters. The van der Waals surface area contributed by atoms with Crippen molar-refractivity contribution in [2.75, 3.05) is 37.5 Å². The summed E-state index contributed by atoms with van der Waals surface area (Å²) in [5.74, 6) is -2.32. The molecule has 5 amide bonds. The van der Waals surface area contributed by atoms with Crippen molar-refractivity contribution >= 4 is 96.9 Å². The van der Waals surface area contributed by atoms with Gasteiger partial charge in [-0.05, 0) is 137 Å². The van der Waals surface area contributed by atoms with E-state index in [0.29, 0.717) is 37.0 Å². The van der Waals surface area contributed by atoms with Gasteiger partial charge in [0.05, 0.1) is 42.0 Å². The van der Waals surface area contributed by atoms with E-state index in [1.165, 1.54) is 89.1 Å². The van der Waals surface area contributed by atoms with Gasteiger partial charge in [0.1, 0.15) is 22.4 Å². The second-order valence-electron chi connectivity index (χ2n) is 26.8. The smallest absolute Gasteiger partial charge is 0.744 e. The Hall–Kier alpha value is -7.05. The van der Waals surface area contributed by atoms with Crippen molar-refractivity contribution in [3.63, 3.8) is 0 Å². The Balaban J connectivity index is 0.000000438. The van der Waals surface area contributed by atoms with Crippen molar-refractivity contribution in [1.29, 1.82) is 0 Å². The van der Waals surface area contributed by atoms with Crippen LogP contribution >= 0.6 is 23.2 Å². The molecule has 2 heterocycles. The number of hydrogen-bond acceptors (Lipinski definition) is 16. The van der Waals surface area contributed by atoms with Crippen LogP contribution in [0, 0.1) is 5.41 Å². The summed E-state index contributed by atoms with van der Waals surface area (Å²) in [5, 5.41) is 7.35. The monoisotopic (exact) mass is 1500 g/mol. The van der Waals surface area contributed by atoms with Crippen LogP contribution in [0.1, 0.15) is 260 Å². The number of nitrogens with zero attached hydrogens (tertiary/aromatic N) is 4. The first-order valence-electron chi connectivity index (χ1n) is 36.4. The van der Waals surface area contributed by atoms with Crippen molar-refractivity contribution < 1.29 is 90.3 Å². The summed E-state index contributed by atoms with van der Waals surface area (Å²) in [6.45, 7) is 20.2. The van der Waals surface area contributed by atoms with Crippen LogP contribution in [-0.4, -0.2) is 112 Å². The Kier molecular flexibility index (Phi) is 42.3. The molecule has 0 spiro atoms. The number of ketones is 1. The third-order valence-electron chi connectivity index (χ3n) is 17.6. The number of rotatable bonds is 37. The number of carbonyl (C=O) groups excluding carboxylic acids is 7. The van der Waals surface area contributed by atoms with Crippen LogP contribution in [0.2, 0.25) is 10.6 Å². The van der Waals surface area contributed by atoms with Crippen molar-refractivity contribution in [2.24, 2.45) is 5.41 Å². The summed E-state index contributed by atoms with van der Waals surface area (Å²) in [6.07, 6.45) is 24.6. The van der Waals surface area contributed by atoms with Crippen molar-refractivity contribution in [3.05, 3.63) is 152 Å². The molecule has 3 unspecified atom stereocenters. The van der Waals surface area contributed by atoms with Gasteiger partial charge in [-0.3, -0.25) is 24.2 Å². The summed E-state index contributed by atoms with van der Waals surface area (Å²) in [5.41, 5.74) is 2.41. The van der Waals surface area contributed by atoms with Crippen LogP contribution in [-0.2, 0) is 45.3 Å². The van der Waals surface area contributed by atoms with Crippen molar-refractivity contribution in [1.82, 2.24) is 24.8 Å². The minimum absolute atomic E-state index is 0. The molecule has 7 rings (SSSR count). The Labute approximate surface area is 647 Å². The number of carbonyl (C=O) groups is 7. The molecule has 5 aromatic carbocycles. The number of nitrogens with one attached hydrogen (secondary N) is 3. The summed E-state index contributed by atoms with van der Waals surface area (Å²) in [6, 6.07) is 27.4. The number of H-pyrrole nitrogens is 1. The first-order valence-corrected chi connectivity index (χ1v) is 38.5. The number of amides is 5. The maximum atomic E-state index is 13.9. The summed E-state index contributed by atoms with van der Waals surface area (Å²) < 4.78 is 50.3. The standard InChI is InChI=1S/C42H62N4O6.C18H24O3S.C16H22O4.C3HCl2N3O.Na/c1-6-7-8-9-10-11-12-13-14-15-16-17-18-19-23-26-36(47)43-33-27-28-35(52-5)34(29-33)44-40(50)38(39(49)42(2,3)4)46-37(48)31-45(41(46)51)30-32-24-21-20-22-25-32;1-5-12(3)15-8-7-9-16-17(13(4)6-2)10-14(11-18(15)16)22(19,20)21;1-3-5-11-19-15(17)13-9-7-8-10-14(13)16(18)20-12-6-4-2;4-1-6-2(5)8-3(9)7-1;/h20-22,24-25,27-29,38H,6-19,23,26,30-31H2,1-5H3,(H,43,47)(H,44,50);7-13H,5-6H2,1-4H3,(H,19,20,21);7-10H,3-6,11-12H2,1-2H3;(H,6,7,8,9);/q;;;;+1/p-1.